The number of carbonyl (C=O) groups excluding carboxylic acids is 2. The Labute approximate surface area is 223 Å². The van der Waals surface area contributed by atoms with E-state index >= 15 is 0 Å². The van der Waals surface area contributed by atoms with Crippen LogP contribution >= 0.6 is 23.2 Å². The number of methoxy groups -OCH3 is 1. The van der Waals surface area contributed by atoms with E-state index in [2.05, 4.69) is 5.32 Å². The number of sulfonamides is 1. The fraction of sp³-hybridized carbons (Fsp3) is 0.440. The lowest BCUT2D eigenvalue weighted by molar-refractivity contribution is -0.141. The molecule has 2 amide bonds. The molecular weight excluding hydrogens is 525 g/mol. The first-order chi connectivity index (χ1) is 16.7. The number of amides is 2. The lowest BCUT2D eigenvalue weighted by Crippen LogP contribution is -2.55. The van der Waals surface area contributed by atoms with E-state index in [1.54, 1.807) is 43.3 Å². The van der Waals surface area contributed by atoms with Crippen molar-refractivity contribution in [3.8, 4) is 5.75 Å². The zero-order valence-electron chi connectivity index (χ0n) is 21.3. The van der Waals surface area contributed by atoms with Crippen molar-refractivity contribution in [2.45, 2.75) is 52.2 Å². The summed E-state index contributed by atoms with van der Waals surface area (Å²) in [5.41, 5.74) is 0.307. The van der Waals surface area contributed by atoms with Crippen molar-refractivity contribution >= 4 is 50.7 Å². The number of benzene rings is 2. The van der Waals surface area contributed by atoms with Crippen LogP contribution in [0.2, 0.25) is 10.0 Å². The second-order valence-corrected chi connectivity index (χ2v) is 12.1. The van der Waals surface area contributed by atoms with E-state index in [1.165, 1.54) is 18.1 Å². The standard InChI is InChI=1S/C25H33Cl2N3O5S/c1-7-22(24(32)28-25(2,3)4)29(15-17-11-12-18(26)13-21(17)27)23(31)16-30(36(6,33)34)19-9-8-10-20(14-19)35-5/h8-14,22H,7,15-16H2,1-6H3,(H,28,32). The van der Waals surface area contributed by atoms with E-state index < -0.39 is 34.1 Å². The molecule has 36 heavy (non-hydrogen) atoms. The smallest absolute Gasteiger partial charge is 0.244 e. The number of carbonyl (C=O) groups is 2. The van der Waals surface area contributed by atoms with Gasteiger partial charge >= 0.3 is 0 Å². The lowest BCUT2D eigenvalue weighted by Gasteiger charge is -2.34. The molecular formula is C25H33Cl2N3O5S. The molecule has 2 aromatic rings. The summed E-state index contributed by atoms with van der Waals surface area (Å²) in [7, 11) is -2.39. The summed E-state index contributed by atoms with van der Waals surface area (Å²) in [4.78, 5) is 28.3. The summed E-state index contributed by atoms with van der Waals surface area (Å²) in [6.07, 6.45) is 1.32. The largest absolute Gasteiger partial charge is 0.497 e. The Balaban J connectivity index is 2.51. The highest BCUT2D eigenvalue weighted by atomic mass is 35.5. The van der Waals surface area contributed by atoms with Gasteiger partial charge in [-0.25, -0.2) is 8.42 Å². The van der Waals surface area contributed by atoms with Crippen molar-refractivity contribution in [1.82, 2.24) is 10.2 Å². The molecule has 0 aliphatic rings. The van der Waals surface area contributed by atoms with Gasteiger partial charge in [0.2, 0.25) is 21.8 Å². The van der Waals surface area contributed by atoms with Gasteiger partial charge in [0, 0.05) is 28.2 Å². The average Bonchev–Trinajstić information content (AvgIpc) is 2.76. The molecule has 0 aliphatic carbocycles. The van der Waals surface area contributed by atoms with Crippen LogP contribution in [-0.2, 0) is 26.2 Å². The quantitative estimate of drug-likeness (QED) is 0.464. The zero-order valence-corrected chi connectivity index (χ0v) is 23.7. The van der Waals surface area contributed by atoms with Crippen molar-refractivity contribution in [3.63, 3.8) is 0 Å². The van der Waals surface area contributed by atoms with Crippen LogP contribution in [-0.4, -0.2) is 56.6 Å². The molecule has 0 aromatic heterocycles. The molecule has 2 rings (SSSR count). The van der Waals surface area contributed by atoms with Crippen LogP contribution in [0.3, 0.4) is 0 Å². The number of hydrogen-bond donors (Lipinski definition) is 1. The van der Waals surface area contributed by atoms with E-state index in [0.29, 0.717) is 27.8 Å². The molecule has 0 saturated heterocycles. The van der Waals surface area contributed by atoms with Gasteiger partial charge in [0.15, 0.2) is 0 Å². The van der Waals surface area contributed by atoms with E-state index in [-0.39, 0.29) is 18.1 Å². The molecule has 0 saturated carbocycles. The van der Waals surface area contributed by atoms with Crippen molar-refractivity contribution in [2.75, 3.05) is 24.2 Å². The van der Waals surface area contributed by atoms with Crippen LogP contribution < -0.4 is 14.4 Å². The molecule has 11 heteroatoms. The van der Waals surface area contributed by atoms with Crippen LogP contribution in [0.5, 0.6) is 5.75 Å². The molecule has 1 unspecified atom stereocenters. The van der Waals surface area contributed by atoms with Gasteiger partial charge in [-0.3, -0.25) is 13.9 Å². The third-order valence-electron chi connectivity index (χ3n) is 5.26. The Morgan fingerprint density at radius 1 is 1.11 bits per heavy atom. The first kappa shape index (κ1) is 29.7. The van der Waals surface area contributed by atoms with E-state index in [9.17, 15) is 18.0 Å². The molecule has 1 N–H and O–H groups in total. The number of hydrogen-bond acceptors (Lipinski definition) is 5. The number of anilines is 1. The molecule has 0 heterocycles. The van der Waals surface area contributed by atoms with Gasteiger partial charge in [-0.2, -0.15) is 0 Å². The van der Waals surface area contributed by atoms with Crippen molar-refractivity contribution in [2.24, 2.45) is 0 Å². The second kappa shape index (κ2) is 12.2. The summed E-state index contributed by atoms with van der Waals surface area (Å²) >= 11 is 12.4. The summed E-state index contributed by atoms with van der Waals surface area (Å²) in [6, 6.07) is 10.4. The minimum atomic E-state index is -3.85. The topological polar surface area (TPSA) is 96.0 Å². The molecule has 0 aliphatic heterocycles. The van der Waals surface area contributed by atoms with Crippen LogP contribution in [0.25, 0.3) is 0 Å². The van der Waals surface area contributed by atoms with Crippen LogP contribution in [0.4, 0.5) is 5.69 Å². The number of nitrogens with zero attached hydrogens (tertiary/aromatic N) is 2. The van der Waals surface area contributed by atoms with Crippen molar-refractivity contribution < 1.29 is 22.7 Å². The van der Waals surface area contributed by atoms with Gasteiger partial charge in [0.1, 0.15) is 18.3 Å². The van der Waals surface area contributed by atoms with Crippen molar-refractivity contribution in [1.29, 1.82) is 0 Å². The number of halogens is 2. The molecule has 0 fully saturated rings. The summed E-state index contributed by atoms with van der Waals surface area (Å²) < 4.78 is 31.6. The summed E-state index contributed by atoms with van der Waals surface area (Å²) in [6.45, 7) is 6.78. The maximum atomic E-state index is 13.7. The molecule has 0 bridgehead atoms. The SMILES string of the molecule is CCC(C(=O)NC(C)(C)C)N(Cc1ccc(Cl)cc1Cl)C(=O)CN(c1cccc(OC)c1)S(C)(=O)=O. The highest BCUT2D eigenvalue weighted by Gasteiger charge is 2.33. The normalized spacial score (nSPS) is 12.6. The fourth-order valence-electron chi connectivity index (χ4n) is 3.59. The molecule has 2 aromatic carbocycles. The molecule has 1 atom stereocenters. The first-order valence-electron chi connectivity index (χ1n) is 11.3. The Hall–Kier alpha value is -2.49. The second-order valence-electron chi connectivity index (χ2n) is 9.39. The Morgan fingerprint density at radius 3 is 2.31 bits per heavy atom. The summed E-state index contributed by atoms with van der Waals surface area (Å²) in [5.74, 6) is -0.477. The van der Waals surface area contributed by atoms with Gasteiger partial charge in [-0.15, -0.1) is 0 Å². The minimum Gasteiger partial charge on any atom is -0.497 e. The summed E-state index contributed by atoms with van der Waals surface area (Å²) in [5, 5.41) is 3.67. The average molecular weight is 559 g/mol. The Morgan fingerprint density at radius 2 is 1.78 bits per heavy atom. The van der Waals surface area contributed by atoms with Gasteiger partial charge in [-0.1, -0.05) is 42.3 Å². The molecule has 8 nitrogen and oxygen atoms in total. The van der Waals surface area contributed by atoms with E-state index in [1.807, 2.05) is 20.8 Å². The molecule has 0 radical (unpaired) electrons. The third kappa shape index (κ3) is 8.28. The van der Waals surface area contributed by atoms with Crippen LogP contribution in [0.1, 0.15) is 39.7 Å². The Kier molecular flexibility index (Phi) is 10.0. The first-order valence-corrected chi connectivity index (χ1v) is 13.9. The third-order valence-corrected chi connectivity index (χ3v) is 6.99. The number of nitrogens with one attached hydrogen (secondary N) is 1. The van der Waals surface area contributed by atoms with Gasteiger partial charge in [0.25, 0.3) is 0 Å². The molecule has 198 valence electrons. The molecule has 0 spiro atoms. The maximum absolute atomic E-state index is 13.7. The van der Waals surface area contributed by atoms with Crippen molar-refractivity contribution in [3.05, 3.63) is 58.1 Å². The van der Waals surface area contributed by atoms with E-state index in [4.69, 9.17) is 27.9 Å². The monoisotopic (exact) mass is 557 g/mol. The maximum Gasteiger partial charge on any atom is 0.244 e. The van der Waals surface area contributed by atoms with Gasteiger partial charge in [0.05, 0.1) is 19.1 Å². The highest BCUT2D eigenvalue weighted by Crippen LogP contribution is 2.26. The lowest BCUT2D eigenvalue weighted by atomic mass is 10.1. The minimum absolute atomic E-state index is 0.0133. The van der Waals surface area contributed by atoms with E-state index in [0.717, 1.165) is 10.6 Å². The number of rotatable bonds is 10. The van der Waals surface area contributed by atoms with Gasteiger partial charge < -0.3 is 15.0 Å². The van der Waals surface area contributed by atoms with Crippen LogP contribution in [0.15, 0.2) is 42.5 Å². The van der Waals surface area contributed by atoms with Gasteiger partial charge in [-0.05, 0) is 57.0 Å². The predicted octanol–water partition coefficient (Wildman–Crippen LogP) is 4.49. The highest BCUT2D eigenvalue weighted by molar-refractivity contribution is 7.92. The predicted molar refractivity (Wildman–Crippen MR) is 144 cm³/mol. The zero-order chi connectivity index (χ0) is 27.3. The fourth-order valence-corrected chi connectivity index (χ4v) is 4.89. The van der Waals surface area contributed by atoms with Crippen LogP contribution in [0, 0.1) is 0 Å². The number of ether oxygens (including phenoxy) is 1. The Bertz CT molecular complexity index is 1200.